The summed E-state index contributed by atoms with van der Waals surface area (Å²) in [6, 6.07) is 22.6. The second-order valence-corrected chi connectivity index (χ2v) is 8.47. The Morgan fingerprint density at radius 1 is 1.03 bits per heavy atom. The fourth-order valence-electron chi connectivity index (χ4n) is 3.40. The van der Waals surface area contributed by atoms with Gasteiger partial charge in [0, 0.05) is 23.1 Å². The van der Waals surface area contributed by atoms with Gasteiger partial charge in [-0.2, -0.15) is 5.26 Å². The van der Waals surface area contributed by atoms with Crippen molar-refractivity contribution in [3.8, 4) is 28.7 Å². The molecular weight excluding hydrogens is 390 g/mol. The van der Waals surface area contributed by atoms with Gasteiger partial charge in [-0.25, -0.2) is 4.98 Å². The number of aromatic nitrogens is 4. The van der Waals surface area contributed by atoms with E-state index in [0.29, 0.717) is 11.7 Å². The van der Waals surface area contributed by atoms with Crippen LogP contribution < -0.4 is 0 Å². The van der Waals surface area contributed by atoms with Gasteiger partial charge in [0.1, 0.15) is 0 Å². The Morgan fingerprint density at radius 2 is 1.80 bits per heavy atom. The maximum Gasteiger partial charge on any atom is 0.192 e. The molecule has 4 rings (SSSR count). The van der Waals surface area contributed by atoms with E-state index < -0.39 is 0 Å². The third-order valence-electron chi connectivity index (χ3n) is 4.94. The van der Waals surface area contributed by atoms with E-state index in [-0.39, 0.29) is 0 Å². The Labute approximate surface area is 180 Å². The minimum atomic E-state index is 0.353. The average molecular weight is 414 g/mol. The van der Waals surface area contributed by atoms with Gasteiger partial charge in [-0.1, -0.05) is 74.1 Å². The summed E-state index contributed by atoms with van der Waals surface area (Å²) in [5.41, 5.74) is 3.92. The van der Waals surface area contributed by atoms with Gasteiger partial charge in [0.15, 0.2) is 11.0 Å². The Kier molecular flexibility index (Phi) is 6.10. The molecule has 0 unspecified atom stereocenters. The van der Waals surface area contributed by atoms with Crippen LogP contribution in [0.3, 0.4) is 0 Å². The Hall–Kier alpha value is -3.17. The van der Waals surface area contributed by atoms with Gasteiger partial charge in [-0.3, -0.25) is 0 Å². The molecule has 0 spiro atoms. The molecule has 4 aromatic rings. The first kappa shape index (κ1) is 20.1. The molecule has 2 aromatic heterocycles. The van der Waals surface area contributed by atoms with E-state index in [4.69, 9.17) is 10.2 Å². The second kappa shape index (κ2) is 9.10. The van der Waals surface area contributed by atoms with Crippen LogP contribution in [0.15, 0.2) is 65.8 Å². The smallest absolute Gasteiger partial charge is 0.192 e. The number of rotatable bonds is 7. The molecule has 0 fully saturated rings. The second-order valence-electron chi connectivity index (χ2n) is 7.53. The van der Waals surface area contributed by atoms with Crippen molar-refractivity contribution in [3.63, 3.8) is 0 Å². The topological polar surface area (TPSA) is 67.4 Å². The summed E-state index contributed by atoms with van der Waals surface area (Å²) in [6.45, 7) is 5.23. The zero-order valence-electron chi connectivity index (χ0n) is 17.1. The molecule has 30 heavy (non-hydrogen) atoms. The predicted octanol–water partition coefficient (Wildman–Crippen LogP) is 5.82. The van der Waals surface area contributed by atoms with Gasteiger partial charge in [0.05, 0.1) is 23.0 Å². The van der Waals surface area contributed by atoms with Gasteiger partial charge in [0.2, 0.25) is 0 Å². The number of hydrogen-bond donors (Lipinski definition) is 0. The standard InChI is InChI=1S/C24H23N5S/c1-17(2)12-14-29-23(27-28-24(29)30-15-13-25)20-16-22(18-8-4-3-5-9-18)26-21-11-7-6-10-19(20)21/h3-11,16-17H,12,14-15H2,1-2H3. The fraction of sp³-hybridized carbons (Fsp3) is 0.250. The summed E-state index contributed by atoms with van der Waals surface area (Å²) in [5, 5.41) is 19.8. The van der Waals surface area contributed by atoms with Crippen LogP contribution in [-0.2, 0) is 6.54 Å². The van der Waals surface area contributed by atoms with Crippen LogP contribution in [-0.4, -0.2) is 25.5 Å². The van der Waals surface area contributed by atoms with E-state index in [1.54, 1.807) is 0 Å². The number of benzene rings is 2. The lowest BCUT2D eigenvalue weighted by atomic mass is 10.0. The van der Waals surface area contributed by atoms with Crippen molar-refractivity contribution in [1.29, 1.82) is 5.26 Å². The molecule has 0 saturated heterocycles. The SMILES string of the molecule is CC(C)CCn1c(SCC#N)nnc1-c1cc(-c2ccccc2)nc2ccccc12. The molecule has 0 saturated carbocycles. The van der Waals surface area contributed by atoms with Crippen LogP contribution in [0.5, 0.6) is 0 Å². The first-order valence-electron chi connectivity index (χ1n) is 10.1. The number of fused-ring (bicyclic) bond motifs is 1. The number of para-hydroxylation sites is 1. The first-order valence-corrected chi connectivity index (χ1v) is 11.0. The number of nitriles is 1. The quantitative estimate of drug-likeness (QED) is 0.357. The van der Waals surface area contributed by atoms with Gasteiger partial charge in [0.25, 0.3) is 0 Å². The molecule has 150 valence electrons. The lowest BCUT2D eigenvalue weighted by Crippen LogP contribution is -2.06. The number of hydrogen-bond acceptors (Lipinski definition) is 5. The number of pyridine rings is 1. The van der Waals surface area contributed by atoms with Crippen molar-refractivity contribution in [2.75, 3.05) is 5.75 Å². The Bertz CT molecular complexity index is 1190. The molecule has 0 bridgehead atoms. The number of thioether (sulfide) groups is 1. The highest BCUT2D eigenvalue weighted by Crippen LogP contribution is 2.33. The van der Waals surface area contributed by atoms with E-state index in [0.717, 1.165) is 51.7 Å². The molecule has 2 heterocycles. The molecule has 0 aliphatic rings. The molecule has 5 nitrogen and oxygen atoms in total. The molecule has 0 aliphatic carbocycles. The molecule has 0 N–H and O–H groups in total. The van der Waals surface area contributed by atoms with E-state index >= 15 is 0 Å². The lowest BCUT2D eigenvalue weighted by Gasteiger charge is -2.14. The minimum absolute atomic E-state index is 0.353. The van der Waals surface area contributed by atoms with Crippen LogP contribution in [0.25, 0.3) is 33.5 Å². The lowest BCUT2D eigenvalue weighted by molar-refractivity contribution is 0.498. The van der Waals surface area contributed by atoms with Crippen molar-refractivity contribution in [2.24, 2.45) is 5.92 Å². The largest absolute Gasteiger partial charge is 0.302 e. The molecule has 2 aromatic carbocycles. The van der Waals surface area contributed by atoms with Crippen LogP contribution in [0.1, 0.15) is 20.3 Å². The molecule has 0 atom stereocenters. The fourth-order valence-corrected chi connectivity index (χ4v) is 4.02. The third-order valence-corrected chi connectivity index (χ3v) is 5.77. The summed E-state index contributed by atoms with van der Waals surface area (Å²) in [5.74, 6) is 1.74. The highest BCUT2D eigenvalue weighted by atomic mass is 32.2. The maximum atomic E-state index is 9.03. The molecule has 6 heteroatoms. The van der Waals surface area contributed by atoms with Crippen molar-refractivity contribution >= 4 is 22.7 Å². The van der Waals surface area contributed by atoms with Gasteiger partial charge in [-0.05, 0) is 24.5 Å². The first-order chi connectivity index (χ1) is 14.7. The predicted molar refractivity (Wildman–Crippen MR) is 122 cm³/mol. The summed E-state index contributed by atoms with van der Waals surface area (Å²) in [4.78, 5) is 4.89. The molecular formula is C24H23N5S. The summed E-state index contributed by atoms with van der Waals surface area (Å²) in [6.07, 6.45) is 1.01. The average Bonchev–Trinajstić information content (AvgIpc) is 3.18. The van der Waals surface area contributed by atoms with E-state index in [1.807, 2.05) is 36.4 Å². The van der Waals surface area contributed by atoms with Gasteiger partial charge in [-0.15, -0.1) is 10.2 Å². The zero-order chi connectivity index (χ0) is 20.9. The van der Waals surface area contributed by atoms with Crippen molar-refractivity contribution in [3.05, 3.63) is 60.7 Å². The molecule has 0 aliphatic heterocycles. The minimum Gasteiger partial charge on any atom is -0.302 e. The maximum absolute atomic E-state index is 9.03. The van der Waals surface area contributed by atoms with Crippen molar-refractivity contribution < 1.29 is 0 Å². The summed E-state index contributed by atoms with van der Waals surface area (Å²) in [7, 11) is 0. The van der Waals surface area contributed by atoms with Gasteiger partial charge < -0.3 is 4.57 Å². The van der Waals surface area contributed by atoms with Crippen LogP contribution in [0, 0.1) is 17.2 Å². The van der Waals surface area contributed by atoms with Gasteiger partial charge >= 0.3 is 0 Å². The molecule has 0 radical (unpaired) electrons. The summed E-state index contributed by atoms with van der Waals surface area (Å²) < 4.78 is 2.15. The molecule has 0 amide bonds. The number of nitrogens with zero attached hydrogens (tertiary/aromatic N) is 5. The highest BCUT2D eigenvalue weighted by molar-refractivity contribution is 7.99. The highest BCUT2D eigenvalue weighted by Gasteiger charge is 2.18. The summed E-state index contributed by atoms with van der Waals surface area (Å²) >= 11 is 1.43. The Morgan fingerprint density at radius 3 is 2.57 bits per heavy atom. The van der Waals surface area contributed by atoms with Crippen molar-refractivity contribution in [1.82, 2.24) is 19.7 Å². The van der Waals surface area contributed by atoms with Crippen molar-refractivity contribution in [2.45, 2.75) is 32.0 Å². The van der Waals surface area contributed by atoms with E-state index in [2.05, 4.69) is 58.9 Å². The van der Waals surface area contributed by atoms with E-state index in [9.17, 15) is 0 Å². The zero-order valence-corrected chi connectivity index (χ0v) is 17.9. The Balaban J connectivity index is 1.90. The van der Waals surface area contributed by atoms with Crippen LogP contribution in [0.2, 0.25) is 0 Å². The van der Waals surface area contributed by atoms with Crippen LogP contribution in [0.4, 0.5) is 0 Å². The van der Waals surface area contributed by atoms with E-state index in [1.165, 1.54) is 11.8 Å². The normalized spacial score (nSPS) is 11.1. The third kappa shape index (κ3) is 4.22. The van der Waals surface area contributed by atoms with Crippen LogP contribution >= 0.6 is 11.8 Å². The monoisotopic (exact) mass is 413 g/mol.